The largest absolute Gasteiger partial charge is 0.486 e. The van der Waals surface area contributed by atoms with E-state index in [1.54, 1.807) is 0 Å². The topological polar surface area (TPSA) is 47.6 Å². The van der Waals surface area contributed by atoms with Crippen LogP contribution in [0.1, 0.15) is 32.1 Å². The number of nitrogens with one attached hydrogen (secondary N) is 1. The Bertz CT molecular complexity index is 557. The van der Waals surface area contributed by atoms with Gasteiger partial charge in [0.2, 0.25) is 5.91 Å². The maximum atomic E-state index is 12.2. The average molecular weight is 287 g/mol. The number of hydrogen-bond donors (Lipinski definition) is 1. The first-order valence-corrected chi connectivity index (χ1v) is 7.97. The van der Waals surface area contributed by atoms with Gasteiger partial charge in [0.25, 0.3) is 0 Å². The predicted octanol–water partition coefficient (Wildman–Crippen LogP) is 3.22. The molecule has 0 spiro atoms. The molecule has 112 valence electrons. The van der Waals surface area contributed by atoms with Gasteiger partial charge in [0.1, 0.15) is 13.2 Å². The number of carbonyl (C=O) groups excluding carboxylic acids is 1. The molecule has 2 fully saturated rings. The Labute approximate surface area is 124 Å². The summed E-state index contributed by atoms with van der Waals surface area (Å²) in [7, 11) is 0. The summed E-state index contributed by atoms with van der Waals surface area (Å²) in [6.45, 7) is 1.15. The molecule has 3 aliphatic rings. The molecule has 3 atom stereocenters. The highest BCUT2D eigenvalue weighted by Gasteiger charge is 2.40. The van der Waals surface area contributed by atoms with Gasteiger partial charge < -0.3 is 14.8 Å². The third kappa shape index (κ3) is 2.59. The summed E-state index contributed by atoms with van der Waals surface area (Å²) in [5.74, 6) is 3.89. The first-order chi connectivity index (χ1) is 10.3. The molecule has 2 bridgehead atoms. The minimum atomic E-state index is 0.129. The van der Waals surface area contributed by atoms with Crippen molar-refractivity contribution in [1.29, 1.82) is 0 Å². The van der Waals surface area contributed by atoms with Gasteiger partial charge in [0, 0.05) is 18.2 Å². The molecule has 0 aromatic heterocycles. The predicted molar refractivity (Wildman–Crippen MR) is 79.6 cm³/mol. The number of anilines is 1. The molecule has 4 nitrogen and oxygen atoms in total. The highest BCUT2D eigenvalue weighted by Crippen LogP contribution is 2.49. The SMILES string of the molecule is O=C(CC1CC2CCC1C2)Nc1ccc2c(c1)OCCO2. The molecule has 3 unspecified atom stereocenters. The summed E-state index contributed by atoms with van der Waals surface area (Å²) in [5, 5.41) is 3.00. The first kappa shape index (κ1) is 13.0. The van der Waals surface area contributed by atoms with Gasteiger partial charge in [-0.25, -0.2) is 0 Å². The number of rotatable bonds is 3. The van der Waals surface area contributed by atoms with E-state index in [9.17, 15) is 4.79 Å². The molecule has 1 aliphatic heterocycles. The maximum absolute atomic E-state index is 12.2. The van der Waals surface area contributed by atoms with Crippen molar-refractivity contribution in [3.05, 3.63) is 18.2 Å². The normalized spacial score (nSPS) is 29.4. The molecule has 4 heteroatoms. The van der Waals surface area contributed by atoms with Crippen LogP contribution < -0.4 is 14.8 Å². The number of hydrogen-bond acceptors (Lipinski definition) is 3. The third-order valence-corrected chi connectivity index (χ3v) is 5.16. The maximum Gasteiger partial charge on any atom is 0.224 e. The molecule has 1 N–H and O–H groups in total. The number of benzene rings is 1. The molecule has 2 aliphatic carbocycles. The van der Waals surface area contributed by atoms with Crippen molar-refractivity contribution in [2.45, 2.75) is 32.1 Å². The minimum absolute atomic E-state index is 0.129. The highest BCUT2D eigenvalue weighted by molar-refractivity contribution is 5.91. The van der Waals surface area contributed by atoms with Crippen LogP contribution in [0.3, 0.4) is 0 Å². The summed E-state index contributed by atoms with van der Waals surface area (Å²) in [6, 6.07) is 5.60. The van der Waals surface area contributed by atoms with Gasteiger partial charge in [-0.2, -0.15) is 0 Å². The van der Waals surface area contributed by atoms with Gasteiger partial charge in [-0.1, -0.05) is 6.42 Å². The van der Waals surface area contributed by atoms with E-state index in [1.807, 2.05) is 18.2 Å². The van der Waals surface area contributed by atoms with Crippen LogP contribution in [-0.2, 0) is 4.79 Å². The number of amides is 1. The summed E-state index contributed by atoms with van der Waals surface area (Å²) < 4.78 is 11.0. The summed E-state index contributed by atoms with van der Waals surface area (Å²) >= 11 is 0. The Morgan fingerprint density at radius 3 is 2.76 bits per heavy atom. The second-order valence-corrected chi connectivity index (χ2v) is 6.55. The van der Waals surface area contributed by atoms with Crippen molar-refractivity contribution < 1.29 is 14.3 Å². The van der Waals surface area contributed by atoms with E-state index in [2.05, 4.69) is 5.32 Å². The van der Waals surface area contributed by atoms with Crippen LogP contribution in [0.15, 0.2) is 18.2 Å². The lowest BCUT2D eigenvalue weighted by molar-refractivity contribution is -0.117. The summed E-state index contributed by atoms with van der Waals surface area (Å²) in [6.07, 6.45) is 5.97. The Morgan fingerprint density at radius 2 is 2.00 bits per heavy atom. The van der Waals surface area contributed by atoms with E-state index in [-0.39, 0.29) is 5.91 Å². The van der Waals surface area contributed by atoms with Gasteiger partial charge in [0.05, 0.1) is 0 Å². The zero-order chi connectivity index (χ0) is 14.2. The van der Waals surface area contributed by atoms with E-state index in [0.717, 1.165) is 29.0 Å². The standard InChI is InChI=1S/C17H21NO3/c19-17(9-13-8-11-1-2-12(13)7-11)18-14-3-4-15-16(10-14)21-6-5-20-15/h3-4,10-13H,1-2,5-9H2,(H,18,19). The van der Waals surface area contributed by atoms with Crippen molar-refractivity contribution >= 4 is 11.6 Å². The monoisotopic (exact) mass is 287 g/mol. The summed E-state index contributed by atoms with van der Waals surface area (Å²) in [5.41, 5.74) is 0.799. The molecule has 0 saturated heterocycles. The van der Waals surface area contributed by atoms with Crippen molar-refractivity contribution in [3.63, 3.8) is 0 Å². The lowest BCUT2D eigenvalue weighted by Crippen LogP contribution is -2.20. The molecule has 1 aromatic rings. The molecular weight excluding hydrogens is 266 g/mol. The quantitative estimate of drug-likeness (QED) is 0.928. The second-order valence-electron chi connectivity index (χ2n) is 6.55. The molecule has 0 radical (unpaired) electrons. The fourth-order valence-electron chi connectivity index (χ4n) is 4.20. The van der Waals surface area contributed by atoms with E-state index in [4.69, 9.17) is 9.47 Å². The Hall–Kier alpha value is -1.71. The minimum Gasteiger partial charge on any atom is -0.486 e. The number of fused-ring (bicyclic) bond motifs is 3. The first-order valence-electron chi connectivity index (χ1n) is 7.97. The fraction of sp³-hybridized carbons (Fsp3) is 0.588. The van der Waals surface area contributed by atoms with Crippen LogP contribution >= 0.6 is 0 Å². The van der Waals surface area contributed by atoms with Crippen LogP contribution in [0.25, 0.3) is 0 Å². The Kier molecular flexibility index (Phi) is 3.24. The van der Waals surface area contributed by atoms with Crippen molar-refractivity contribution in [3.8, 4) is 11.5 Å². The lowest BCUT2D eigenvalue weighted by Gasteiger charge is -2.21. The van der Waals surface area contributed by atoms with Crippen LogP contribution in [0.4, 0.5) is 5.69 Å². The van der Waals surface area contributed by atoms with E-state index in [0.29, 0.717) is 25.6 Å². The second kappa shape index (κ2) is 5.24. The average Bonchev–Trinajstić information content (AvgIpc) is 3.09. The fourth-order valence-corrected chi connectivity index (χ4v) is 4.20. The number of carbonyl (C=O) groups is 1. The number of ether oxygens (including phenoxy) is 2. The van der Waals surface area contributed by atoms with Gasteiger partial charge in [-0.3, -0.25) is 4.79 Å². The third-order valence-electron chi connectivity index (χ3n) is 5.16. The van der Waals surface area contributed by atoms with Crippen molar-refractivity contribution in [2.24, 2.45) is 17.8 Å². The summed E-state index contributed by atoms with van der Waals surface area (Å²) in [4.78, 5) is 12.2. The van der Waals surface area contributed by atoms with Crippen LogP contribution in [0.2, 0.25) is 0 Å². The molecule has 4 rings (SSSR count). The molecule has 1 amide bonds. The van der Waals surface area contributed by atoms with Gasteiger partial charge >= 0.3 is 0 Å². The van der Waals surface area contributed by atoms with Gasteiger partial charge in [-0.05, 0) is 49.1 Å². The zero-order valence-electron chi connectivity index (χ0n) is 12.1. The highest BCUT2D eigenvalue weighted by atomic mass is 16.6. The molecular formula is C17H21NO3. The van der Waals surface area contributed by atoms with E-state index in [1.165, 1.54) is 25.7 Å². The van der Waals surface area contributed by atoms with Crippen LogP contribution in [0.5, 0.6) is 11.5 Å². The van der Waals surface area contributed by atoms with Crippen molar-refractivity contribution in [1.82, 2.24) is 0 Å². The smallest absolute Gasteiger partial charge is 0.224 e. The lowest BCUT2D eigenvalue weighted by atomic mass is 9.86. The van der Waals surface area contributed by atoms with Crippen molar-refractivity contribution in [2.75, 3.05) is 18.5 Å². The Morgan fingerprint density at radius 1 is 1.14 bits per heavy atom. The van der Waals surface area contributed by atoms with Gasteiger partial charge in [-0.15, -0.1) is 0 Å². The molecule has 1 heterocycles. The van der Waals surface area contributed by atoms with Crippen LogP contribution in [0, 0.1) is 17.8 Å². The van der Waals surface area contributed by atoms with E-state index < -0.39 is 0 Å². The van der Waals surface area contributed by atoms with E-state index >= 15 is 0 Å². The molecule has 2 saturated carbocycles. The van der Waals surface area contributed by atoms with Crippen LogP contribution in [-0.4, -0.2) is 19.1 Å². The Balaban J connectivity index is 1.38. The zero-order valence-corrected chi connectivity index (χ0v) is 12.1. The molecule has 21 heavy (non-hydrogen) atoms. The molecule has 1 aromatic carbocycles. The van der Waals surface area contributed by atoms with Gasteiger partial charge in [0.15, 0.2) is 11.5 Å².